The lowest BCUT2D eigenvalue weighted by molar-refractivity contribution is -0.384. The Morgan fingerprint density at radius 1 is 0.915 bits per heavy atom. The van der Waals surface area contributed by atoms with Crippen molar-refractivity contribution in [1.82, 2.24) is 20.9 Å². The molecule has 15 heteroatoms. The van der Waals surface area contributed by atoms with Crippen LogP contribution in [0.2, 0.25) is 0 Å². The van der Waals surface area contributed by atoms with Crippen molar-refractivity contribution in [3.05, 3.63) is 70.3 Å². The smallest absolute Gasteiger partial charge is 0.303 e. The van der Waals surface area contributed by atoms with E-state index in [-0.39, 0.29) is 31.0 Å². The molecule has 0 aliphatic carbocycles. The number of nitrogens with one attached hydrogen (secondary N) is 4. The minimum atomic E-state index is -1.15. The number of nitro groups is 1. The highest BCUT2D eigenvalue weighted by atomic mass is 16.6. The number of nitrogens with zero attached hydrogens (tertiary/aromatic N) is 2. The third kappa shape index (κ3) is 10.6. The fourth-order valence-corrected chi connectivity index (χ4v) is 5.10. The molecule has 252 valence electrons. The Labute approximate surface area is 271 Å². The van der Waals surface area contributed by atoms with E-state index < -0.39 is 71.0 Å². The van der Waals surface area contributed by atoms with E-state index in [2.05, 4.69) is 21.3 Å². The van der Waals surface area contributed by atoms with Gasteiger partial charge in [-0.2, -0.15) is 0 Å². The van der Waals surface area contributed by atoms with Crippen LogP contribution in [0.1, 0.15) is 52.0 Å². The Bertz CT molecular complexity index is 1470. The quantitative estimate of drug-likeness (QED) is 0.140. The minimum absolute atomic E-state index is 0.132. The summed E-state index contributed by atoms with van der Waals surface area (Å²) in [6.07, 6.45) is 0.274. The monoisotopic (exact) mass is 652 g/mol. The van der Waals surface area contributed by atoms with Gasteiger partial charge in [-0.1, -0.05) is 44.2 Å². The summed E-state index contributed by atoms with van der Waals surface area (Å²) in [4.78, 5) is 88.2. The number of benzene rings is 2. The Balaban J connectivity index is 1.72. The van der Waals surface area contributed by atoms with Crippen LogP contribution in [0.4, 0.5) is 11.4 Å². The maximum atomic E-state index is 13.7. The number of carbonyl (C=O) groups is 6. The molecule has 0 bridgehead atoms. The van der Waals surface area contributed by atoms with Crippen LogP contribution in [0.3, 0.4) is 0 Å². The molecule has 0 aromatic heterocycles. The third-order valence-corrected chi connectivity index (χ3v) is 7.67. The van der Waals surface area contributed by atoms with Gasteiger partial charge < -0.3 is 31.3 Å². The summed E-state index contributed by atoms with van der Waals surface area (Å²) >= 11 is 0. The molecule has 0 saturated carbocycles. The number of anilines is 1. The first-order valence-corrected chi connectivity index (χ1v) is 15.3. The molecule has 1 saturated heterocycles. The van der Waals surface area contributed by atoms with Crippen molar-refractivity contribution in [2.75, 3.05) is 11.9 Å². The van der Waals surface area contributed by atoms with Crippen molar-refractivity contribution in [3.63, 3.8) is 0 Å². The van der Waals surface area contributed by atoms with E-state index in [1.54, 1.807) is 38.1 Å². The predicted octanol–water partition coefficient (Wildman–Crippen LogP) is 1.76. The van der Waals surface area contributed by atoms with E-state index in [0.29, 0.717) is 18.5 Å². The van der Waals surface area contributed by atoms with Crippen LogP contribution in [0.5, 0.6) is 0 Å². The van der Waals surface area contributed by atoms with Gasteiger partial charge in [-0.25, -0.2) is 0 Å². The largest absolute Gasteiger partial charge is 0.481 e. The molecule has 1 aliphatic rings. The molecule has 1 heterocycles. The number of carbonyl (C=O) groups excluding carboxylic acids is 5. The van der Waals surface area contributed by atoms with Crippen LogP contribution < -0.4 is 21.3 Å². The average molecular weight is 653 g/mol. The highest BCUT2D eigenvalue weighted by molar-refractivity contribution is 5.99. The molecule has 0 radical (unpaired) electrons. The summed E-state index contributed by atoms with van der Waals surface area (Å²) in [5.74, 6) is -4.41. The molecular weight excluding hydrogens is 612 g/mol. The van der Waals surface area contributed by atoms with Gasteiger partial charge in [0.25, 0.3) is 5.69 Å². The van der Waals surface area contributed by atoms with Gasteiger partial charge in [0.05, 0.1) is 11.3 Å². The van der Waals surface area contributed by atoms with Gasteiger partial charge in [0.1, 0.15) is 24.2 Å². The van der Waals surface area contributed by atoms with E-state index in [9.17, 15) is 38.9 Å². The molecule has 0 unspecified atom stereocenters. The number of carboxylic acids is 1. The molecule has 5 amide bonds. The zero-order chi connectivity index (χ0) is 34.7. The second-order valence-corrected chi connectivity index (χ2v) is 11.6. The van der Waals surface area contributed by atoms with Gasteiger partial charge in [0.2, 0.25) is 29.5 Å². The van der Waals surface area contributed by atoms with E-state index in [0.717, 1.165) is 5.56 Å². The topological polar surface area (TPSA) is 217 Å². The molecule has 0 spiro atoms. The normalized spacial score (nSPS) is 16.0. The molecule has 3 rings (SSSR count). The van der Waals surface area contributed by atoms with Crippen molar-refractivity contribution >= 4 is 46.9 Å². The van der Waals surface area contributed by atoms with Gasteiger partial charge in [-0.05, 0) is 43.4 Å². The van der Waals surface area contributed by atoms with Gasteiger partial charge in [0.15, 0.2) is 0 Å². The minimum Gasteiger partial charge on any atom is -0.481 e. The van der Waals surface area contributed by atoms with Gasteiger partial charge >= 0.3 is 5.97 Å². The maximum absolute atomic E-state index is 13.7. The Hall–Kier alpha value is -5.34. The van der Waals surface area contributed by atoms with Crippen LogP contribution in [0.15, 0.2) is 54.6 Å². The molecular formula is C32H40N6O9. The summed E-state index contributed by atoms with van der Waals surface area (Å²) in [7, 11) is 0. The van der Waals surface area contributed by atoms with E-state index in [1.807, 2.05) is 6.07 Å². The number of aliphatic carboxylic acids is 1. The number of carboxylic acid groups (broad SMARTS) is 1. The maximum Gasteiger partial charge on any atom is 0.303 e. The highest BCUT2D eigenvalue weighted by Crippen LogP contribution is 2.22. The van der Waals surface area contributed by atoms with E-state index in [4.69, 9.17) is 5.11 Å². The lowest BCUT2D eigenvalue weighted by atomic mass is 10.0. The van der Waals surface area contributed by atoms with Crippen LogP contribution in [0.25, 0.3) is 0 Å². The highest BCUT2D eigenvalue weighted by Gasteiger charge is 2.40. The number of likely N-dealkylation sites (tertiary alicyclic amines) is 1. The number of amides is 5. The fourth-order valence-electron chi connectivity index (χ4n) is 5.10. The lowest BCUT2D eigenvalue weighted by Gasteiger charge is -2.32. The van der Waals surface area contributed by atoms with Crippen molar-refractivity contribution in [2.24, 2.45) is 5.92 Å². The zero-order valence-electron chi connectivity index (χ0n) is 26.4. The van der Waals surface area contributed by atoms with Crippen LogP contribution in [0, 0.1) is 16.0 Å². The summed E-state index contributed by atoms with van der Waals surface area (Å²) in [6, 6.07) is 10.2. The first-order chi connectivity index (χ1) is 22.3. The van der Waals surface area contributed by atoms with Crippen LogP contribution in [-0.2, 0) is 35.2 Å². The lowest BCUT2D eigenvalue weighted by Crippen LogP contribution is -2.58. The molecule has 15 nitrogen and oxygen atoms in total. The fraction of sp³-hybridized carbons (Fsp3) is 0.438. The molecule has 1 aliphatic heterocycles. The summed E-state index contributed by atoms with van der Waals surface area (Å²) in [5, 5.41) is 30.3. The molecule has 47 heavy (non-hydrogen) atoms. The average Bonchev–Trinajstić information content (AvgIpc) is 3.53. The van der Waals surface area contributed by atoms with Gasteiger partial charge in [-0.15, -0.1) is 0 Å². The third-order valence-electron chi connectivity index (χ3n) is 7.67. The van der Waals surface area contributed by atoms with Crippen LogP contribution in [-0.4, -0.2) is 81.1 Å². The molecule has 5 N–H and O–H groups in total. The standard InChI is InChI=1S/C32H40N6O9/c1-19(2)28(36-29(42)20(3)33-26(39)15-16-27(40)41)32(45)37-17-7-10-25(37)31(44)35-24(18-21-8-5-4-6-9-21)30(43)34-22-11-13-23(14-12-22)38(46)47/h4-6,8-9,11-14,19-20,24-25,28H,7,10,15-18H2,1-3H3,(H,33,39)(H,34,43)(H,35,44)(H,36,42)(H,40,41)/t20-,24-,25-,28-/m0/s1. The van der Waals surface area contributed by atoms with E-state index in [1.165, 1.54) is 36.1 Å². The van der Waals surface area contributed by atoms with Crippen molar-refractivity contribution in [2.45, 2.75) is 77.0 Å². The van der Waals surface area contributed by atoms with Crippen molar-refractivity contribution < 1.29 is 38.8 Å². The van der Waals surface area contributed by atoms with Crippen molar-refractivity contribution in [1.29, 1.82) is 0 Å². The van der Waals surface area contributed by atoms with Gasteiger partial charge in [-0.3, -0.25) is 38.9 Å². The number of non-ortho nitro benzene ring substituents is 1. The summed E-state index contributed by atoms with van der Waals surface area (Å²) in [6.45, 7) is 5.11. The zero-order valence-corrected chi connectivity index (χ0v) is 26.4. The van der Waals surface area contributed by atoms with Gasteiger partial charge in [0, 0.05) is 37.2 Å². The predicted molar refractivity (Wildman–Crippen MR) is 170 cm³/mol. The van der Waals surface area contributed by atoms with Crippen LogP contribution >= 0.6 is 0 Å². The van der Waals surface area contributed by atoms with E-state index >= 15 is 0 Å². The second kappa shape index (κ2) is 16.8. The molecule has 1 fully saturated rings. The van der Waals surface area contributed by atoms with Crippen molar-refractivity contribution in [3.8, 4) is 0 Å². The number of hydrogen-bond acceptors (Lipinski definition) is 8. The molecule has 4 atom stereocenters. The Kier molecular flexibility index (Phi) is 12.9. The Morgan fingerprint density at radius 2 is 1.57 bits per heavy atom. The SMILES string of the molecule is CC(C)[C@H](NC(=O)[C@H](C)NC(=O)CCC(=O)O)C(=O)N1CCC[C@H]1C(=O)N[C@@H](Cc1ccccc1)C(=O)Nc1ccc([N+](=O)[O-])cc1. The summed E-state index contributed by atoms with van der Waals surface area (Å²) in [5.41, 5.74) is 0.921. The number of rotatable bonds is 15. The first kappa shape index (κ1) is 36.1. The first-order valence-electron chi connectivity index (χ1n) is 15.3. The summed E-state index contributed by atoms with van der Waals surface area (Å²) < 4.78 is 0. The molecule has 2 aromatic carbocycles. The Morgan fingerprint density at radius 3 is 2.17 bits per heavy atom. The number of nitro benzene ring substituents is 1. The second-order valence-electron chi connectivity index (χ2n) is 11.6. The number of hydrogen-bond donors (Lipinski definition) is 5. The molecule has 2 aromatic rings.